The highest BCUT2D eigenvalue weighted by molar-refractivity contribution is 5.90. The summed E-state index contributed by atoms with van der Waals surface area (Å²) in [6, 6.07) is 3.64. The SMILES string of the molecule is COC(=O)/C=C/C[C@H](NC(=O)[C@H](Cc1ccccc1F)NC(C)=O)C(=O)OC. The van der Waals surface area contributed by atoms with Gasteiger partial charge in [-0.1, -0.05) is 24.3 Å². The molecular formula is C19H23FN2O6. The van der Waals surface area contributed by atoms with Crippen LogP contribution in [0.2, 0.25) is 0 Å². The van der Waals surface area contributed by atoms with E-state index in [1.165, 1.54) is 38.3 Å². The maximum Gasteiger partial charge on any atom is 0.330 e. The maximum absolute atomic E-state index is 13.9. The Morgan fingerprint density at radius 1 is 1.07 bits per heavy atom. The molecule has 0 aliphatic heterocycles. The fourth-order valence-electron chi connectivity index (χ4n) is 2.34. The van der Waals surface area contributed by atoms with Gasteiger partial charge in [-0.15, -0.1) is 0 Å². The van der Waals surface area contributed by atoms with Crippen LogP contribution in [0.4, 0.5) is 4.39 Å². The molecule has 0 aromatic heterocycles. The molecule has 2 N–H and O–H groups in total. The molecule has 0 fully saturated rings. The van der Waals surface area contributed by atoms with Crippen LogP contribution in [0.15, 0.2) is 36.4 Å². The van der Waals surface area contributed by atoms with Gasteiger partial charge >= 0.3 is 11.9 Å². The summed E-state index contributed by atoms with van der Waals surface area (Å²) < 4.78 is 23.0. The number of hydrogen-bond donors (Lipinski definition) is 2. The fourth-order valence-corrected chi connectivity index (χ4v) is 2.34. The molecule has 0 spiro atoms. The molecule has 1 aromatic rings. The second-order valence-electron chi connectivity index (χ2n) is 5.79. The second kappa shape index (κ2) is 11.5. The number of rotatable bonds is 9. The number of carbonyl (C=O) groups is 4. The van der Waals surface area contributed by atoms with Crippen molar-refractivity contribution < 1.29 is 33.0 Å². The molecule has 2 amide bonds. The quantitative estimate of drug-likeness (QED) is 0.470. The molecular weight excluding hydrogens is 371 g/mol. The number of methoxy groups -OCH3 is 2. The molecule has 1 rings (SSSR count). The van der Waals surface area contributed by atoms with E-state index in [0.717, 1.165) is 13.2 Å². The summed E-state index contributed by atoms with van der Waals surface area (Å²) in [7, 11) is 2.35. The highest BCUT2D eigenvalue weighted by atomic mass is 19.1. The monoisotopic (exact) mass is 394 g/mol. The minimum absolute atomic E-state index is 0.0417. The zero-order valence-corrected chi connectivity index (χ0v) is 15.9. The molecule has 2 atom stereocenters. The number of benzene rings is 1. The van der Waals surface area contributed by atoms with E-state index in [2.05, 4.69) is 20.1 Å². The molecule has 0 heterocycles. The summed E-state index contributed by atoms with van der Waals surface area (Å²) in [4.78, 5) is 47.1. The summed E-state index contributed by atoms with van der Waals surface area (Å²) in [5, 5.41) is 4.89. The van der Waals surface area contributed by atoms with Gasteiger partial charge in [0.15, 0.2) is 0 Å². The molecule has 0 unspecified atom stereocenters. The summed E-state index contributed by atoms with van der Waals surface area (Å²) in [5.41, 5.74) is 0.233. The third-order valence-corrected chi connectivity index (χ3v) is 3.70. The lowest BCUT2D eigenvalue weighted by Crippen LogP contribution is -2.52. The van der Waals surface area contributed by atoms with Gasteiger partial charge in [0.05, 0.1) is 14.2 Å². The second-order valence-corrected chi connectivity index (χ2v) is 5.79. The van der Waals surface area contributed by atoms with E-state index in [1.54, 1.807) is 6.07 Å². The molecule has 0 aliphatic rings. The van der Waals surface area contributed by atoms with Gasteiger partial charge in [-0.3, -0.25) is 9.59 Å². The lowest BCUT2D eigenvalue weighted by molar-refractivity contribution is -0.145. The van der Waals surface area contributed by atoms with Crippen molar-refractivity contribution in [1.29, 1.82) is 0 Å². The van der Waals surface area contributed by atoms with Crippen molar-refractivity contribution in [3.8, 4) is 0 Å². The topological polar surface area (TPSA) is 111 Å². The summed E-state index contributed by atoms with van der Waals surface area (Å²) in [5.74, 6) is -3.06. The lowest BCUT2D eigenvalue weighted by Gasteiger charge is -2.21. The van der Waals surface area contributed by atoms with Gasteiger partial charge in [0.1, 0.15) is 17.9 Å². The Labute approximate surface area is 162 Å². The predicted octanol–water partition coefficient (Wildman–Crippen LogP) is 0.650. The van der Waals surface area contributed by atoms with Crippen LogP contribution >= 0.6 is 0 Å². The number of halogens is 1. The first kappa shape index (κ1) is 22.8. The van der Waals surface area contributed by atoms with Crippen molar-refractivity contribution in [2.24, 2.45) is 0 Å². The third kappa shape index (κ3) is 7.56. The predicted molar refractivity (Wildman–Crippen MR) is 97.4 cm³/mol. The van der Waals surface area contributed by atoms with Crippen LogP contribution in [0.3, 0.4) is 0 Å². The van der Waals surface area contributed by atoms with Crippen molar-refractivity contribution >= 4 is 23.8 Å². The Morgan fingerprint density at radius 3 is 2.32 bits per heavy atom. The largest absolute Gasteiger partial charge is 0.467 e. The molecule has 0 bridgehead atoms. The minimum Gasteiger partial charge on any atom is -0.467 e. The van der Waals surface area contributed by atoms with Gasteiger partial charge < -0.3 is 20.1 Å². The molecule has 28 heavy (non-hydrogen) atoms. The molecule has 0 saturated heterocycles. The van der Waals surface area contributed by atoms with Crippen LogP contribution in [0.25, 0.3) is 0 Å². The van der Waals surface area contributed by atoms with Crippen LogP contribution in [0.5, 0.6) is 0 Å². The molecule has 9 heteroatoms. The van der Waals surface area contributed by atoms with Gasteiger partial charge in [-0.25, -0.2) is 14.0 Å². The van der Waals surface area contributed by atoms with Crippen LogP contribution in [0, 0.1) is 5.82 Å². The molecule has 0 saturated carbocycles. The molecule has 8 nitrogen and oxygen atoms in total. The van der Waals surface area contributed by atoms with Crippen LogP contribution in [0.1, 0.15) is 18.9 Å². The number of carbonyl (C=O) groups excluding carboxylic acids is 4. The highest BCUT2D eigenvalue weighted by Crippen LogP contribution is 2.10. The average Bonchev–Trinajstić information content (AvgIpc) is 2.66. The maximum atomic E-state index is 13.9. The Hall–Kier alpha value is -3.23. The normalized spacial score (nSPS) is 12.7. The van der Waals surface area contributed by atoms with Crippen molar-refractivity contribution in [3.63, 3.8) is 0 Å². The zero-order valence-electron chi connectivity index (χ0n) is 15.9. The standard InChI is InChI=1S/C19H23FN2O6/c1-12(23)21-16(11-13-7-4-5-8-14(13)20)18(25)22-15(19(26)28-3)9-6-10-17(24)27-2/h4-8,10,15-16H,9,11H2,1-3H3,(H,21,23)(H,22,25)/b10-6+/t15-,16-/m0/s1. The number of esters is 2. The minimum atomic E-state index is -1.11. The summed E-state index contributed by atoms with van der Waals surface area (Å²) in [6.07, 6.45) is 2.30. The van der Waals surface area contributed by atoms with Crippen LogP contribution in [-0.4, -0.2) is 50.1 Å². The van der Waals surface area contributed by atoms with Gasteiger partial charge in [0, 0.05) is 19.4 Å². The van der Waals surface area contributed by atoms with E-state index in [4.69, 9.17) is 0 Å². The van der Waals surface area contributed by atoms with Gasteiger partial charge in [0.2, 0.25) is 11.8 Å². The summed E-state index contributed by atoms with van der Waals surface area (Å²) in [6.45, 7) is 1.22. The smallest absolute Gasteiger partial charge is 0.330 e. The van der Waals surface area contributed by atoms with Crippen LogP contribution < -0.4 is 10.6 Å². The Bertz CT molecular complexity index is 750. The fraction of sp³-hybridized carbons (Fsp3) is 0.368. The van der Waals surface area contributed by atoms with E-state index < -0.39 is 41.7 Å². The van der Waals surface area contributed by atoms with Crippen molar-refractivity contribution in [1.82, 2.24) is 10.6 Å². The van der Waals surface area contributed by atoms with Crippen molar-refractivity contribution in [2.45, 2.75) is 31.8 Å². The van der Waals surface area contributed by atoms with Crippen LogP contribution in [-0.2, 0) is 35.1 Å². The van der Waals surface area contributed by atoms with Gasteiger partial charge in [-0.2, -0.15) is 0 Å². The van der Waals surface area contributed by atoms with E-state index >= 15 is 0 Å². The lowest BCUT2D eigenvalue weighted by atomic mass is 10.0. The van der Waals surface area contributed by atoms with E-state index in [0.29, 0.717) is 0 Å². The number of nitrogens with one attached hydrogen (secondary N) is 2. The Balaban J connectivity index is 2.93. The number of hydrogen-bond acceptors (Lipinski definition) is 6. The van der Waals surface area contributed by atoms with E-state index in [-0.39, 0.29) is 18.4 Å². The first-order valence-electron chi connectivity index (χ1n) is 8.41. The van der Waals surface area contributed by atoms with E-state index in [1.807, 2.05) is 0 Å². The summed E-state index contributed by atoms with van der Waals surface area (Å²) >= 11 is 0. The highest BCUT2D eigenvalue weighted by Gasteiger charge is 2.27. The van der Waals surface area contributed by atoms with E-state index in [9.17, 15) is 23.6 Å². The molecule has 0 radical (unpaired) electrons. The zero-order chi connectivity index (χ0) is 21.1. The first-order valence-corrected chi connectivity index (χ1v) is 8.41. The Kier molecular flexibility index (Phi) is 9.35. The van der Waals surface area contributed by atoms with Gasteiger partial charge in [-0.05, 0) is 18.1 Å². The van der Waals surface area contributed by atoms with Gasteiger partial charge in [0.25, 0.3) is 0 Å². The first-order chi connectivity index (χ1) is 13.3. The third-order valence-electron chi connectivity index (χ3n) is 3.70. The van der Waals surface area contributed by atoms with Crippen molar-refractivity contribution in [2.75, 3.05) is 14.2 Å². The molecule has 0 aliphatic carbocycles. The number of amides is 2. The Morgan fingerprint density at radius 2 is 1.75 bits per heavy atom. The molecule has 1 aromatic carbocycles. The average molecular weight is 394 g/mol. The molecule has 152 valence electrons. The number of ether oxygens (including phenoxy) is 2. The van der Waals surface area contributed by atoms with Crippen molar-refractivity contribution in [3.05, 3.63) is 47.8 Å².